The predicted molar refractivity (Wildman–Crippen MR) is 116 cm³/mol. The second-order valence-corrected chi connectivity index (χ2v) is 9.01. The van der Waals surface area contributed by atoms with E-state index >= 15 is 0 Å². The highest BCUT2D eigenvalue weighted by atomic mass is 32.1. The molecule has 6 heteroatoms. The van der Waals surface area contributed by atoms with Crippen molar-refractivity contribution >= 4 is 17.1 Å². The van der Waals surface area contributed by atoms with Crippen LogP contribution >= 0.6 is 11.3 Å². The number of hydrogen-bond donors (Lipinski definition) is 2. The molecule has 3 heterocycles. The van der Waals surface area contributed by atoms with Gasteiger partial charge in [-0.3, -0.25) is 9.36 Å². The van der Waals surface area contributed by atoms with Gasteiger partial charge in [-0.1, -0.05) is 24.3 Å². The SMILES string of the molecule is Cc1ccccc1C[NH+]1CC[NH+](CC(=O)c2cc(C)n(-c3nccs3)c2C)CC1. The first kappa shape index (κ1) is 20.0. The Morgan fingerprint density at radius 1 is 1.10 bits per heavy atom. The molecule has 2 aromatic heterocycles. The molecule has 1 fully saturated rings. The molecular formula is C23H30N4OS+2. The molecule has 0 aliphatic carbocycles. The lowest BCUT2D eigenvalue weighted by Crippen LogP contribution is -3.27. The highest BCUT2D eigenvalue weighted by Crippen LogP contribution is 2.22. The van der Waals surface area contributed by atoms with Crippen molar-refractivity contribution in [2.24, 2.45) is 0 Å². The fourth-order valence-electron chi connectivity index (χ4n) is 4.38. The standard InChI is InChI=1S/C23H28N4OS/c1-17-6-4-5-7-20(17)15-25-9-11-26(12-10-25)16-22(28)21-14-18(2)27(19(21)3)23-24-8-13-29-23/h4-8,13-14H,9-12,15-16H2,1-3H3/p+2. The van der Waals surface area contributed by atoms with E-state index in [1.54, 1.807) is 16.2 Å². The Morgan fingerprint density at radius 2 is 1.83 bits per heavy atom. The molecule has 5 nitrogen and oxygen atoms in total. The van der Waals surface area contributed by atoms with Gasteiger partial charge in [-0.15, -0.1) is 11.3 Å². The van der Waals surface area contributed by atoms with Gasteiger partial charge in [0.25, 0.3) is 0 Å². The summed E-state index contributed by atoms with van der Waals surface area (Å²) < 4.78 is 2.09. The molecule has 0 spiro atoms. The summed E-state index contributed by atoms with van der Waals surface area (Å²) >= 11 is 1.60. The third kappa shape index (κ3) is 4.34. The van der Waals surface area contributed by atoms with Crippen LogP contribution in [-0.2, 0) is 6.54 Å². The highest BCUT2D eigenvalue weighted by molar-refractivity contribution is 7.12. The number of nitrogens with one attached hydrogen (secondary N) is 2. The monoisotopic (exact) mass is 410 g/mol. The third-order valence-corrected chi connectivity index (χ3v) is 6.88. The number of ketones is 1. The number of benzene rings is 1. The van der Waals surface area contributed by atoms with Gasteiger partial charge in [-0.05, 0) is 32.4 Å². The fourth-order valence-corrected chi connectivity index (χ4v) is 5.13. The molecule has 0 amide bonds. The number of quaternary nitrogens is 2. The van der Waals surface area contributed by atoms with Gasteiger partial charge in [0.15, 0.2) is 5.13 Å². The Balaban J connectivity index is 1.36. The molecule has 4 rings (SSSR count). The molecule has 0 unspecified atom stereocenters. The quantitative estimate of drug-likeness (QED) is 0.596. The molecule has 2 N–H and O–H groups in total. The summed E-state index contributed by atoms with van der Waals surface area (Å²) in [4.78, 5) is 20.5. The maximum absolute atomic E-state index is 13.0. The van der Waals surface area contributed by atoms with E-state index in [1.165, 1.54) is 16.0 Å². The molecule has 3 aromatic rings. The molecule has 0 radical (unpaired) electrons. The summed E-state index contributed by atoms with van der Waals surface area (Å²) in [6.45, 7) is 12.3. The van der Waals surface area contributed by atoms with Crippen molar-refractivity contribution in [1.29, 1.82) is 0 Å². The van der Waals surface area contributed by atoms with Crippen LogP contribution in [0, 0.1) is 20.8 Å². The minimum Gasteiger partial charge on any atom is -0.322 e. The Labute approximate surface area is 176 Å². The van der Waals surface area contributed by atoms with E-state index in [0.717, 1.165) is 54.8 Å². The Hall–Kier alpha value is -2.28. The van der Waals surface area contributed by atoms with E-state index < -0.39 is 0 Å². The lowest BCUT2D eigenvalue weighted by Gasteiger charge is -2.29. The van der Waals surface area contributed by atoms with Crippen LogP contribution in [0.15, 0.2) is 41.9 Å². The zero-order valence-corrected chi connectivity index (χ0v) is 18.3. The van der Waals surface area contributed by atoms with Gasteiger partial charge in [-0.2, -0.15) is 0 Å². The number of carbonyl (C=O) groups excluding carboxylic acids is 1. The minimum absolute atomic E-state index is 0.248. The molecule has 29 heavy (non-hydrogen) atoms. The topological polar surface area (TPSA) is 43.8 Å². The first-order valence-electron chi connectivity index (χ1n) is 10.4. The van der Waals surface area contributed by atoms with Crippen LogP contribution in [0.25, 0.3) is 5.13 Å². The summed E-state index contributed by atoms with van der Waals surface area (Å²) in [6, 6.07) is 10.7. The van der Waals surface area contributed by atoms with Crippen LogP contribution < -0.4 is 9.80 Å². The van der Waals surface area contributed by atoms with Crippen molar-refractivity contribution in [3.63, 3.8) is 0 Å². The van der Waals surface area contributed by atoms with Gasteiger partial charge < -0.3 is 9.80 Å². The first-order chi connectivity index (χ1) is 14.0. The molecule has 1 aromatic carbocycles. The minimum atomic E-state index is 0.248. The summed E-state index contributed by atoms with van der Waals surface area (Å²) in [6.07, 6.45) is 1.81. The predicted octanol–water partition coefficient (Wildman–Crippen LogP) is 1.03. The van der Waals surface area contributed by atoms with Gasteiger partial charge >= 0.3 is 0 Å². The second-order valence-electron chi connectivity index (χ2n) is 8.14. The lowest BCUT2D eigenvalue weighted by atomic mass is 10.1. The molecular weight excluding hydrogens is 380 g/mol. The van der Waals surface area contributed by atoms with E-state index in [-0.39, 0.29) is 5.78 Å². The van der Waals surface area contributed by atoms with Gasteiger partial charge in [0, 0.05) is 34.1 Å². The van der Waals surface area contributed by atoms with Crippen molar-refractivity contribution in [2.45, 2.75) is 27.3 Å². The van der Waals surface area contributed by atoms with Crippen LogP contribution in [-0.4, -0.2) is 48.1 Å². The molecule has 0 saturated carbocycles. The van der Waals surface area contributed by atoms with Gasteiger partial charge in [-0.25, -0.2) is 4.98 Å². The maximum Gasteiger partial charge on any atom is 0.218 e. The first-order valence-corrected chi connectivity index (χ1v) is 11.2. The van der Waals surface area contributed by atoms with Crippen molar-refractivity contribution < 1.29 is 14.6 Å². The maximum atomic E-state index is 13.0. The molecule has 1 aliphatic heterocycles. The number of carbonyl (C=O) groups is 1. The Kier molecular flexibility index (Phi) is 5.94. The lowest BCUT2D eigenvalue weighted by molar-refractivity contribution is -1.01. The highest BCUT2D eigenvalue weighted by Gasteiger charge is 2.27. The number of aryl methyl sites for hydroxylation is 2. The zero-order valence-electron chi connectivity index (χ0n) is 17.5. The summed E-state index contributed by atoms with van der Waals surface area (Å²) in [7, 11) is 0. The van der Waals surface area contributed by atoms with E-state index in [4.69, 9.17) is 0 Å². The fraction of sp³-hybridized carbons (Fsp3) is 0.391. The number of nitrogens with zero attached hydrogens (tertiary/aromatic N) is 2. The number of rotatable bonds is 6. The summed E-state index contributed by atoms with van der Waals surface area (Å²) in [5.41, 5.74) is 5.74. The van der Waals surface area contributed by atoms with Crippen molar-refractivity contribution in [1.82, 2.24) is 9.55 Å². The molecule has 1 aliphatic rings. The van der Waals surface area contributed by atoms with Gasteiger partial charge in [0.2, 0.25) is 5.78 Å². The largest absolute Gasteiger partial charge is 0.322 e. The number of aromatic nitrogens is 2. The summed E-state index contributed by atoms with van der Waals surface area (Å²) in [5, 5.41) is 2.90. The number of thiazole rings is 1. The number of hydrogen-bond acceptors (Lipinski definition) is 3. The molecule has 0 bridgehead atoms. The third-order valence-electron chi connectivity index (χ3n) is 6.12. The Morgan fingerprint density at radius 3 is 2.52 bits per heavy atom. The van der Waals surface area contributed by atoms with Crippen LogP contribution in [0.4, 0.5) is 0 Å². The van der Waals surface area contributed by atoms with E-state index in [1.807, 2.05) is 31.5 Å². The zero-order chi connectivity index (χ0) is 20.4. The average Bonchev–Trinajstić information content (AvgIpc) is 3.33. The summed E-state index contributed by atoms with van der Waals surface area (Å²) in [5.74, 6) is 0.248. The van der Waals surface area contributed by atoms with Gasteiger partial charge in [0.05, 0.1) is 0 Å². The number of piperazine rings is 1. The normalized spacial score (nSPS) is 19.4. The Bertz CT molecular complexity index is 984. The van der Waals surface area contributed by atoms with Crippen LogP contribution in [0.1, 0.15) is 32.9 Å². The second kappa shape index (κ2) is 8.61. The molecule has 1 saturated heterocycles. The van der Waals surface area contributed by atoms with Crippen LogP contribution in [0.5, 0.6) is 0 Å². The van der Waals surface area contributed by atoms with E-state index in [0.29, 0.717) is 6.54 Å². The number of Topliss-reactive ketones (excluding diaryl/α,β-unsaturated/α-hetero) is 1. The van der Waals surface area contributed by atoms with Crippen molar-refractivity contribution in [3.8, 4) is 5.13 Å². The smallest absolute Gasteiger partial charge is 0.218 e. The van der Waals surface area contributed by atoms with Crippen molar-refractivity contribution in [3.05, 3.63) is 70.0 Å². The molecule has 152 valence electrons. The van der Waals surface area contributed by atoms with E-state index in [9.17, 15) is 4.79 Å². The van der Waals surface area contributed by atoms with Crippen molar-refractivity contribution in [2.75, 3.05) is 32.7 Å². The van der Waals surface area contributed by atoms with Crippen LogP contribution in [0.3, 0.4) is 0 Å². The van der Waals surface area contributed by atoms with E-state index in [2.05, 4.69) is 40.7 Å². The molecule has 0 atom stereocenters. The average molecular weight is 411 g/mol. The van der Waals surface area contributed by atoms with Crippen LogP contribution in [0.2, 0.25) is 0 Å². The van der Waals surface area contributed by atoms with Gasteiger partial charge in [0.1, 0.15) is 39.3 Å².